The van der Waals surface area contributed by atoms with Crippen LogP contribution in [-0.4, -0.2) is 23.9 Å². The zero-order valence-electron chi connectivity index (χ0n) is 16.4. The number of hydrogen-bond acceptors (Lipinski definition) is 7. The average molecular weight is 432 g/mol. The van der Waals surface area contributed by atoms with Crippen molar-refractivity contribution >= 4 is 33.3 Å². The maximum absolute atomic E-state index is 13.6. The number of hydrogen-bond donors (Lipinski definition) is 1. The van der Waals surface area contributed by atoms with E-state index in [9.17, 15) is 4.79 Å². The highest BCUT2D eigenvalue weighted by Gasteiger charge is 2.23. The summed E-state index contributed by atoms with van der Waals surface area (Å²) in [7, 11) is 1.54. The van der Waals surface area contributed by atoms with E-state index in [2.05, 4.69) is 9.97 Å². The first-order valence-electron chi connectivity index (χ1n) is 9.65. The molecule has 0 atom stereocenters. The van der Waals surface area contributed by atoms with Crippen molar-refractivity contribution in [1.82, 2.24) is 9.97 Å². The molecule has 0 aliphatic carbocycles. The van der Waals surface area contributed by atoms with Gasteiger partial charge < -0.3 is 23.6 Å². The summed E-state index contributed by atoms with van der Waals surface area (Å²) in [6.45, 7) is 0.223. The van der Waals surface area contributed by atoms with E-state index in [1.54, 1.807) is 25.4 Å². The monoisotopic (exact) mass is 432 g/mol. The summed E-state index contributed by atoms with van der Waals surface area (Å²) in [6, 6.07) is 11.2. The van der Waals surface area contributed by atoms with E-state index < -0.39 is 0 Å². The summed E-state index contributed by atoms with van der Waals surface area (Å²) in [5.74, 6) is 1.93. The second-order valence-electron chi connectivity index (χ2n) is 7.15. The normalized spacial score (nSPS) is 12.7. The van der Waals surface area contributed by atoms with E-state index in [1.807, 2.05) is 29.6 Å². The van der Waals surface area contributed by atoms with Crippen molar-refractivity contribution in [3.05, 3.63) is 69.5 Å². The number of benzene rings is 2. The number of nitrogens with zero attached hydrogens (tertiary/aromatic N) is 1. The third kappa shape index (κ3) is 2.79. The van der Waals surface area contributed by atoms with Crippen LogP contribution in [0.2, 0.25) is 0 Å². The molecule has 1 N–H and O–H groups in total. The van der Waals surface area contributed by atoms with Crippen molar-refractivity contribution in [2.45, 2.75) is 6.42 Å². The zero-order valence-corrected chi connectivity index (χ0v) is 17.2. The lowest BCUT2D eigenvalue weighted by atomic mass is 10.1. The Hall–Kier alpha value is -3.78. The highest BCUT2D eigenvalue weighted by molar-refractivity contribution is 7.13. The molecule has 0 unspecified atom stereocenters. The molecule has 7 nitrogen and oxygen atoms in total. The summed E-state index contributed by atoms with van der Waals surface area (Å²) in [4.78, 5) is 21.4. The molecule has 154 valence electrons. The second-order valence-corrected chi connectivity index (χ2v) is 8.04. The molecule has 6 rings (SSSR count). The van der Waals surface area contributed by atoms with Crippen LogP contribution in [0.1, 0.15) is 11.3 Å². The van der Waals surface area contributed by atoms with Crippen LogP contribution in [0.4, 0.5) is 0 Å². The number of thiazole rings is 1. The minimum Gasteiger partial charge on any atom is -0.496 e. The van der Waals surface area contributed by atoms with Crippen LogP contribution in [0.3, 0.4) is 0 Å². The first-order valence-corrected chi connectivity index (χ1v) is 10.5. The molecule has 0 amide bonds. The van der Waals surface area contributed by atoms with Crippen LogP contribution >= 0.6 is 11.3 Å². The maximum atomic E-state index is 13.6. The molecule has 0 fully saturated rings. The second kappa shape index (κ2) is 6.88. The lowest BCUT2D eigenvalue weighted by molar-refractivity contribution is 0.174. The fourth-order valence-corrected chi connectivity index (χ4v) is 4.62. The SMILES string of the molecule is COc1cccc2oc3c(Cc4ccc5c(c4)OCO5)[nH]c(-c4nccs4)c3c(=O)c12. The standard InChI is InChI=1S/C23H16N2O5S/c1-27-15-3-2-4-16-18(15)21(26)19-20(23-24-7-8-31-23)25-13(22(19)30-16)9-12-5-6-14-17(10-12)29-11-28-14/h2-8,10,25H,9,11H2,1H3. The Labute approximate surface area is 179 Å². The topological polar surface area (TPSA) is 86.6 Å². The summed E-state index contributed by atoms with van der Waals surface area (Å²) in [5.41, 5.74) is 3.31. The number of rotatable bonds is 4. The molecule has 0 spiro atoms. The molecule has 2 aromatic carbocycles. The van der Waals surface area contributed by atoms with Gasteiger partial charge in [-0.3, -0.25) is 4.79 Å². The molecule has 1 aliphatic rings. The van der Waals surface area contributed by atoms with Crippen molar-refractivity contribution in [3.63, 3.8) is 0 Å². The summed E-state index contributed by atoms with van der Waals surface area (Å²) in [6.07, 6.45) is 2.24. The molecule has 5 aromatic rings. The molecular formula is C23H16N2O5S. The fraction of sp³-hybridized carbons (Fsp3) is 0.130. The molecular weight excluding hydrogens is 416 g/mol. The first kappa shape index (κ1) is 18.0. The maximum Gasteiger partial charge on any atom is 0.231 e. The minimum absolute atomic E-state index is 0.146. The molecule has 0 radical (unpaired) electrons. The van der Waals surface area contributed by atoms with Gasteiger partial charge in [0, 0.05) is 18.0 Å². The van der Waals surface area contributed by atoms with E-state index >= 15 is 0 Å². The van der Waals surface area contributed by atoms with Crippen LogP contribution < -0.4 is 19.6 Å². The van der Waals surface area contributed by atoms with Gasteiger partial charge in [-0.05, 0) is 29.8 Å². The van der Waals surface area contributed by atoms with Crippen molar-refractivity contribution < 1.29 is 18.6 Å². The summed E-state index contributed by atoms with van der Waals surface area (Å²) in [5, 5.41) is 3.50. The number of nitrogens with one attached hydrogen (secondary N) is 1. The van der Waals surface area contributed by atoms with Gasteiger partial charge in [0.25, 0.3) is 0 Å². The zero-order chi connectivity index (χ0) is 20.9. The Kier molecular flexibility index (Phi) is 4.00. The largest absolute Gasteiger partial charge is 0.496 e. The van der Waals surface area contributed by atoms with E-state index in [-0.39, 0.29) is 12.2 Å². The van der Waals surface area contributed by atoms with Crippen LogP contribution in [0.5, 0.6) is 17.2 Å². The van der Waals surface area contributed by atoms with E-state index in [0.717, 1.165) is 22.0 Å². The molecule has 1 aliphatic heterocycles. The van der Waals surface area contributed by atoms with Gasteiger partial charge in [0.2, 0.25) is 12.2 Å². The number of fused-ring (bicyclic) bond motifs is 3. The van der Waals surface area contributed by atoms with Gasteiger partial charge in [0.05, 0.1) is 23.9 Å². The van der Waals surface area contributed by atoms with E-state index in [4.69, 9.17) is 18.6 Å². The van der Waals surface area contributed by atoms with Gasteiger partial charge in [-0.25, -0.2) is 4.98 Å². The number of aromatic nitrogens is 2. The molecule has 4 heterocycles. The lowest BCUT2D eigenvalue weighted by Crippen LogP contribution is -2.04. The third-order valence-corrected chi connectivity index (χ3v) is 6.16. The van der Waals surface area contributed by atoms with Gasteiger partial charge in [-0.15, -0.1) is 11.3 Å². The molecule has 0 saturated carbocycles. The highest BCUT2D eigenvalue weighted by atomic mass is 32.1. The Bertz CT molecular complexity index is 1500. The van der Waals surface area contributed by atoms with Gasteiger partial charge in [-0.1, -0.05) is 12.1 Å². The summed E-state index contributed by atoms with van der Waals surface area (Å²) < 4.78 is 22.6. The number of H-pyrrole nitrogens is 1. The average Bonchev–Trinajstić information content (AvgIpc) is 3.53. The lowest BCUT2D eigenvalue weighted by Gasteiger charge is -2.05. The fourth-order valence-electron chi connectivity index (χ4n) is 3.98. The van der Waals surface area contributed by atoms with Crippen molar-refractivity contribution in [2.75, 3.05) is 13.9 Å². The van der Waals surface area contributed by atoms with Crippen molar-refractivity contribution in [2.24, 2.45) is 0 Å². The van der Waals surface area contributed by atoms with Gasteiger partial charge in [-0.2, -0.15) is 0 Å². The Morgan fingerprint density at radius 2 is 2.06 bits per heavy atom. The molecule has 0 bridgehead atoms. The first-order chi connectivity index (χ1) is 15.2. The van der Waals surface area contributed by atoms with Crippen LogP contribution in [0, 0.1) is 0 Å². The predicted octanol–water partition coefficient (Wildman–Crippen LogP) is 4.73. The Morgan fingerprint density at radius 3 is 2.90 bits per heavy atom. The third-order valence-electron chi connectivity index (χ3n) is 5.37. The quantitative estimate of drug-likeness (QED) is 0.442. The van der Waals surface area contributed by atoms with Gasteiger partial charge in [0.15, 0.2) is 17.1 Å². The number of methoxy groups -OCH3 is 1. The van der Waals surface area contributed by atoms with Crippen LogP contribution in [-0.2, 0) is 6.42 Å². The van der Waals surface area contributed by atoms with Gasteiger partial charge >= 0.3 is 0 Å². The smallest absolute Gasteiger partial charge is 0.231 e. The Balaban J connectivity index is 1.60. The van der Waals surface area contributed by atoms with Crippen LogP contribution in [0.25, 0.3) is 32.6 Å². The number of ether oxygens (including phenoxy) is 3. The molecule has 0 saturated heterocycles. The highest BCUT2D eigenvalue weighted by Crippen LogP contribution is 2.37. The number of aromatic amines is 1. The minimum atomic E-state index is -0.146. The predicted molar refractivity (Wildman–Crippen MR) is 117 cm³/mol. The van der Waals surface area contributed by atoms with Crippen LogP contribution in [0.15, 0.2) is 57.2 Å². The molecule has 8 heteroatoms. The van der Waals surface area contributed by atoms with Gasteiger partial charge in [0.1, 0.15) is 21.7 Å². The van der Waals surface area contributed by atoms with Crippen molar-refractivity contribution in [1.29, 1.82) is 0 Å². The Morgan fingerprint density at radius 1 is 1.16 bits per heavy atom. The van der Waals surface area contributed by atoms with E-state index in [1.165, 1.54) is 11.3 Å². The molecule has 31 heavy (non-hydrogen) atoms. The molecule has 3 aromatic heterocycles. The van der Waals surface area contributed by atoms with Crippen molar-refractivity contribution in [3.8, 4) is 28.0 Å². The van der Waals surface area contributed by atoms with E-state index in [0.29, 0.717) is 45.6 Å². The summed E-state index contributed by atoms with van der Waals surface area (Å²) >= 11 is 1.46.